The Hall–Kier alpha value is -1.66. The summed E-state index contributed by atoms with van der Waals surface area (Å²) in [5.41, 5.74) is 0.675. The predicted octanol–water partition coefficient (Wildman–Crippen LogP) is 2.26. The SMILES string of the molecule is C=CC(=O)OCC1CO1.CCC=C(C)C(=O)ON(CC)CC. The van der Waals surface area contributed by atoms with E-state index in [1.807, 2.05) is 26.8 Å². The molecule has 0 saturated carbocycles. The van der Waals surface area contributed by atoms with Crippen LogP contribution in [0.15, 0.2) is 24.3 Å². The molecular weight excluding hydrogens is 286 g/mol. The lowest BCUT2D eigenvalue weighted by atomic mass is 10.2. The van der Waals surface area contributed by atoms with Gasteiger partial charge in [0.15, 0.2) is 0 Å². The Bertz CT molecular complexity index is 384. The third kappa shape index (κ3) is 10.1. The van der Waals surface area contributed by atoms with Gasteiger partial charge in [0.05, 0.1) is 6.61 Å². The van der Waals surface area contributed by atoms with Crippen molar-refractivity contribution < 1.29 is 23.9 Å². The Morgan fingerprint density at radius 2 is 1.91 bits per heavy atom. The zero-order chi connectivity index (χ0) is 17.0. The molecule has 1 atom stereocenters. The van der Waals surface area contributed by atoms with E-state index < -0.39 is 0 Å². The summed E-state index contributed by atoms with van der Waals surface area (Å²) < 4.78 is 9.42. The number of ether oxygens (including phenoxy) is 2. The third-order valence-electron chi connectivity index (χ3n) is 2.73. The van der Waals surface area contributed by atoms with Crippen molar-refractivity contribution in [2.24, 2.45) is 0 Å². The van der Waals surface area contributed by atoms with Crippen LogP contribution in [-0.2, 0) is 23.9 Å². The first-order valence-corrected chi connectivity index (χ1v) is 7.53. The Morgan fingerprint density at radius 3 is 2.32 bits per heavy atom. The van der Waals surface area contributed by atoms with Crippen LogP contribution in [0.3, 0.4) is 0 Å². The van der Waals surface area contributed by atoms with Gasteiger partial charge >= 0.3 is 11.9 Å². The molecule has 0 spiro atoms. The maximum absolute atomic E-state index is 11.3. The predicted molar refractivity (Wildman–Crippen MR) is 84.0 cm³/mol. The van der Waals surface area contributed by atoms with E-state index in [-0.39, 0.29) is 18.0 Å². The molecule has 0 N–H and O–H groups in total. The van der Waals surface area contributed by atoms with Crippen molar-refractivity contribution in [3.8, 4) is 0 Å². The summed E-state index contributed by atoms with van der Waals surface area (Å²) in [5.74, 6) is -0.629. The van der Waals surface area contributed by atoms with E-state index in [4.69, 9.17) is 9.57 Å². The molecule has 126 valence electrons. The second-order valence-corrected chi connectivity index (χ2v) is 4.58. The highest BCUT2D eigenvalue weighted by atomic mass is 16.7. The molecule has 1 unspecified atom stereocenters. The fourth-order valence-corrected chi connectivity index (χ4v) is 1.33. The van der Waals surface area contributed by atoms with Gasteiger partial charge in [0.2, 0.25) is 0 Å². The van der Waals surface area contributed by atoms with Crippen molar-refractivity contribution in [2.45, 2.75) is 40.2 Å². The second-order valence-electron chi connectivity index (χ2n) is 4.58. The lowest BCUT2D eigenvalue weighted by Gasteiger charge is -2.17. The van der Waals surface area contributed by atoms with Crippen LogP contribution < -0.4 is 0 Å². The maximum Gasteiger partial charge on any atom is 0.352 e. The van der Waals surface area contributed by atoms with Gasteiger partial charge in [0.25, 0.3) is 0 Å². The molecule has 1 saturated heterocycles. The molecule has 0 aromatic rings. The fourth-order valence-electron chi connectivity index (χ4n) is 1.33. The summed E-state index contributed by atoms with van der Waals surface area (Å²) in [6, 6.07) is 0. The number of rotatable bonds is 8. The van der Waals surface area contributed by atoms with Crippen LogP contribution in [-0.4, -0.2) is 49.4 Å². The van der Waals surface area contributed by atoms with Crippen LogP contribution in [0.5, 0.6) is 0 Å². The second kappa shape index (κ2) is 11.9. The zero-order valence-corrected chi connectivity index (χ0v) is 14.0. The molecule has 0 aromatic heterocycles. The van der Waals surface area contributed by atoms with Crippen LogP contribution in [0.4, 0.5) is 0 Å². The first-order valence-electron chi connectivity index (χ1n) is 7.53. The summed E-state index contributed by atoms with van der Waals surface area (Å²) in [7, 11) is 0. The monoisotopic (exact) mass is 313 g/mol. The number of allylic oxidation sites excluding steroid dienone is 1. The van der Waals surface area contributed by atoms with Gasteiger partial charge in [-0.3, -0.25) is 0 Å². The van der Waals surface area contributed by atoms with Crippen molar-refractivity contribution in [3.63, 3.8) is 0 Å². The molecule has 1 rings (SSSR count). The molecular formula is C16H27NO5. The fraction of sp³-hybridized carbons (Fsp3) is 0.625. The number of carbonyl (C=O) groups is 2. The Balaban J connectivity index is 0.000000425. The third-order valence-corrected chi connectivity index (χ3v) is 2.73. The Kier molecular flexibility index (Phi) is 11.0. The highest BCUT2D eigenvalue weighted by Crippen LogP contribution is 2.08. The summed E-state index contributed by atoms with van der Waals surface area (Å²) in [6.45, 7) is 13.4. The molecule has 1 fully saturated rings. The quantitative estimate of drug-likeness (QED) is 0.296. The summed E-state index contributed by atoms with van der Waals surface area (Å²) in [5, 5.41) is 1.63. The van der Waals surface area contributed by atoms with E-state index in [1.165, 1.54) is 0 Å². The lowest BCUT2D eigenvalue weighted by molar-refractivity contribution is -0.183. The number of carbonyl (C=O) groups excluding carboxylic acids is 2. The Labute approximate surface area is 132 Å². The van der Waals surface area contributed by atoms with Gasteiger partial charge in [0, 0.05) is 24.7 Å². The van der Waals surface area contributed by atoms with Crippen LogP contribution >= 0.6 is 0 Å². The lowest BCUT2D eigenvalue weighted by Crippen LogP contribution is -2.27. The van der Waals surface area contributed by atoms with Crippen molar-refractivity contribution in [3.05, 3.63) is 24.3 Å². The number of hydrogen-bond donors (Lipinski definition) is 0. The first-order chi connectivity index (χ1) is 10.5. The molecule has 1 aliphatic heterocycles. The largest absolute Gasteiger partial charge is 0.460 e. The smallest absolute Gasteiger partial charge is 0.352 e. The maximum atomic E-state index is 11.3. The standard InChI is InChI=1S/C10H19NO2.C6H8O3/c1-5-8-9(4)10(12)13-11(6-2)7-3;1-2-6(7)9-4-5-3-8-5/h8H,5-7H2,1-4H3;2,5H,1,3-4H2. The Morgan fingerprint density at radius 1 is 1.32 bits per heavy atom. The average Bonchev–Trinajstić information content (AvgIpc) is 3.35. The van der Waals surface area contributed by atoms with Crippen molar-refractivity contribution in [2.75, 3.05) is 26.3 Å². The van der Waals surface area contributed by atoms with E-state index in [9.17, 15) is 9.59 Å². The minimum Gasteiger partial charge on any atom is -0.460 e. The molecule has 1 aliphatic rings. The summed E-state index contributed by atoms with van der Waals surface area (Å²) in [4.78, 5) is 26.8. The van der Waals surface area contributed by atoms with Crippen LogP contribution in [0.1, 0.15) is 34.1 Å². The van der Waals surface area contributed by atoms with Crippen molar-refractivity contribution in [1.82, 2.24) is 5.06 Å². The van der Waals surface area contributed by atoms with E-state index in [2.05, 4.69) is 11.3 Å². The molecule has 0 aromatic carbocycles. The molecule has 0 radical (unpaired) electrons. The summed E-state index contributed by atoms with van der Waals surface area (Å²) in [6.07, 6.45) is 4.02. The highest BCUT2D eigenvalue weighted by molar-refractivity contribution is 5.87. The topological polar surface area (TPSA) is 68.4 Å². The van der Waals surface area contributed by atoms with Crippen molar-refractivity contribution >= 4 is 11.9 Å². The van der Waals surface area contributed by atoms with Gasteiger partial charge in [-0.1, -0.05) is 19.6 Å². The van der Waals surface area contributed by atoms with Crippen LogP contribution in [0, 0.1) is 0 Å². The van der Waals surface area contributed by atoms with E-state index >= 15 is 0 Å². The van der Waals surface area contributed by atoms with E-state index in [0.29, 0.717) is 18.8 Å². The van der Waals surface area contributed by atoms with Gasteiger partial charge in [0.1, 0.15) is 12.7 Å². The van der Waals surface area contributed by atoms with Crippen LogP contribution in [0.2, 0.25) is 0 Å². The number of hydrogen-bond acceptors (Lipinski definition) is 6. The molecule has 22 heavy (non-hydrogen) atoms. The molecule has 0 bridgehead atoms. The number of nitrogens with zero attached hydrogens (tertiary/aromatic N) is 1. The van der Waals surface area contributed by atoms with Gasteiger partial charge in [-0.25, -0.2) is 9.59 Å². The molecule has 1 heterocycles. The number of epoxide rings is 1. The normalized spacial score (nSPS) is 16.4. The highest BCUT2D eigenvalue weighted by Gasteiger charge is 2.23. The molecule has 0 amide bonds. The van der Waals surface area contributed by atoms with Gasteiger partial charge < -0.3 is 14.3 Å². The van der Waals surface area contributed by atoms with Crippen LogP contribution in [0.25, 0.3) is 0 Å². The number of hydroxylamine groups is 2. The molecule has 0 aliphatic carbocycles. The van der Waals surface area contributed by atoms with Gasteiger partial charge in [-0.2, -0.15) is 0 Å². The van der Waals surface area contributed by atoms with Gasteiger partial charge in [-0.05, 0) is 27.2 Å². The average molecular weight is 313 g/mol. The summed E-state index contributed by atoms with van der Waals surface area (Å²) >= 11 is 0. The van der Waals surface area contributed by atoms with E-state index in [1.54, 1.807) is 12.0 Å². The first kappa shape index (κ1) is 20.3. The molecule has 6 nitrogen and oxygen atoms in total. The minimum absolute atomic E-state index is 0.147. The van der Waals surface area contributed by atoms with Crippen molar-refractivity contribution in [1.29, 1.82) is 0 Å². The van der Waals surface area contributed by atoms with E-state index in [0.717, 1.165) is 25.6 Å². The number of esters is 1. The zero-order valence-electron chi connectivity index (χ0n) is 14.0. The van der Waals surface area contributed by atoms with Gasteiger partial charge in [-0.15, -0.1) is 5.06 Å². The molecule has 6 heteroatoms. The minimum atomic E-state index is -0.384.